The first-order valence-electron chi connectivity index (χ1n) is 10.0. The van der Waals surface area contributed by atoms with E-state index in [-0.39, 0.29) is 40.8 Å². The van der Waals surface area contributed by atoms with Gasteiger partial charge in [0, 0.05) is 17.6 Å². The summed E-state index contributed by atoms with van der Waals surface area (Å²) in [6, 6.07) is 8.46. The minimum absolute atomic E-state index is 0.196. The van der Waals surface area contributed by atoms with E-state index in [4.69, 9.17) is 4.74 Å². The van der Waals surface area contributed by atoms with Gasteiger partial charge in [-0.05, 0) is 44.7 Å². The third-order valence-corrected chi connectivity index (χ3v) is 6.81. The zero-order chi connectivity index (χ0) is 19.5. The summed E-state index contributed by atoms with van der Waals surface area (Å²) in [4.78, 5) is 39.7. The molecule has 5 aliphatic rings. The van der Waals surface area contributed by atoms with Crippen LogP contribution in [0.25, 0.3) is 0 Å². The van der Waals surface area contributed by atoms with Crippen molar-refractivity contribution in [2.45, 2.75) is 56.3 Å². The number of ether oxygens (including phenoxy) is 1. The van der Waals surface area contributed by atoms with Crippen LogP contribution in [0, 0.1) is 5.41 Å². The van der Waals surface area contributed by atoms with Gasteiger partial charge in [-0.15, -0.1) is 0 Å². The molecule has 0 spiro atoms. The molecular weight excluding hydrogens is 358 g/mol. The Bertz CT molecular complexity index is 820. The van der Waals surface area contributed by atoms with Crippen LogP contribution in [0.4, 0.5) is 0 Å². The Morgan fingerprint density at radius 3 is 2.50 bits per heavy atom. The summed E-state index contributed by atoms with van der Waals surface area (Å²) < 4.78 is 5.59. The number of benzene rings is 1. The molecule has 3 amide bonds. The molecule has 2 aliphatic heterocycles. The number of rotatable bonds is 5. The fraction of sp³-hybridized carbons (Fsp3) is 0.571. The maximum absolute atomic E-state index is 12.9. The number of carbonyl (C=O) groups is 3. The summed E-state index contributed by atoms with van der Waals surface area (Å²) in [6.45, 7) is 3.06. The largest absolute Gasteiger partial charge is 0.374 e. The van der Waals surface area contributed by atoms with Crippen LogP contribution in [0.15, 0.2) is 30.3 Å². The zero-order valence-electron chi connectivity index (χ0n) is 15.9. The van der Waals surface area contributed by atoms with Crippen molar-refractivity contribution < 1.29 is 19.1 Å². The van der Waals surface area contributed by atoms with E-state index < -0.39 is 6.04 Å². The molecule has 0 aromatic heterocycles. The summed E-state index contributed by atoms with van der Waals surface area (Å²) in [7, 11) is 0. The second kappa shape index (κ2) is 6.04. The molecule has 2 N–H and O–H groups in total. The number of nitrogens with zero attached hydrogens (tertiary/aromatic N) is 1. The quantitative estimate of drug-likeness (QED) is 0.789. The number of nitrogens with one attached hydrogen (secondary N) is 2. The van der Waals surface area contributed by atoms with Gasteiger partial charge in [-0.3, -0.25) is 14.4 Å². The maximum Gasteiger partial charge on any atom is 0.251 e. The van der Waals surface area contributed by atoms with E-state index in [1.54, 1.807) is 31.2 Å². The van der Waals surface area contributed by atoms with Gasteiger partial charge in [0.05, 0.1) is 24.2 Å². The number of hydrogen-bond donors (Lipinski definition) is 2. The Hall–Kier alpha value is -2.41. The highest BCUT2D eigenvalue weighted by Gasteiger charge is 2.73. The lowest BCUT2D eigenvalue weighted by atomic mass is 9.39. The molecule has 5 fully saturated rings. The van der Waals surface area contributed by atoms with Crippen molar-refractivity contribution in [1.29, 1.82) is 0 Å². The van der Waals surface area contributed by atoms with Gasteiger partial charge in [-0.1, -0.05) is 18.2 Å². The van der Waals surface area contributed by atoms with Crippen molar-refractivity contribution in [2.24, 2.45) is 5.41 Å². The monoisotopic (exact) mass is 383 g/mol. The van der Waals surface area contributed by atoms with E-state index in [1.165, 1.54) is 0 Å². The lowest BCUT2D eigenvalue weighted by Gasteiger charge is -2.70. The van der Waals surface area contributed by atoms with Gasteiger partial charge in [0.2, 0.25) is 11.8 Å². The number of amides is 3. The van der Waals surface area contributed by atoms with Crippen LogP contribution in [-0.2, 0) is 14.3 Å². The summed E-state index contributed by atoms with van der Waals surface area (Å²) in [5.74, 6) is -0.220. The van der Waals surface area contributed by atoms with E-state index in [1.807, 2.05) is 11.0 Å². The van der Waals surface area contributed by atoms with Gasteiger partial charge in [-0.25, -0.2) is 0 Å². The highest BCUT2D eigenvalue weighted by atomic mass is 16.5. The van der Waals surface area contributed by atoms with Crippen molar-refractivity contribution in [3.05, 3.63) is 35.9 Å². The fourth-order valence-corrected chi connectivity index (χ4v) is 5.40. The molecule has 1 aromatic carbocycles. The molecule has 1 aromatic rings. The SMILES string of the molecule is CC(NC(=O)c1ccccc1)C(=O)NC12CC(C(=O)N3C[C@H]4C[C@H]3CO4)(C1)C2. The Morgan fingerprint density at radius 1 is 1.18 bits per heavy atom. The molecule has 2 saturated heterocycles. The molecule has 28 heavy (non-hydrogen) atoms. The Balaban J connectivity index is 1.13. The van der Waals surface area contributed by atoms with Gasteiger partial charge in [-0.2, -0.15) is 0 Å². The molecule has 6 rings (SSSR count). The Morgan fingerprint density at radius 2 is 1.89 bits per heavy atom. The minimum Gasteiger partial charge on any atom is -0.374 e. The normalized spacial score (nSPS) is 35.5. The maximum atomic E-state index is 12.9. The number of fused-ring (bicyclic) bond motifs is 2. The second-order valence-corrected chi connectivity index (χ2v) is 8.94. The molecule has 3 aliphatic carbocycles. The van der Waals surface area contributed by atoms with Crippen LogP contribution in [0.5, 0.6) is 0 Å². The van der Waals surface area contributed by atoms with Gasteiger partial charge >= 0.3 is 0 Å². The summed E-state index contributed by atoms with van der Waals surface area (Å²) in [5.41, 5.74) is -0.0248. The van der Waals surface area contributed by atoms with E-state index in [0.717, 1.165) is 6.42 Å². The number of likely N-dealkylation sites (tertiary alicyclic amines) is 1. The molecule has 4 bridgehead atoms. The first kappa shape index (κ1) is 17.7. The summed E-state index contributed by atoms with van der Waals surface area (Å²) in [6.07, 6.45) is 3.29. The molecule has 3 saturated carbocycles. The predicted octanol–water partition coefficient (Wildman–Crippen LogP) is 0.844. The first-order valence-corrected chi connectivity index (χ1v) is 10.0. The number of carbonyl (C=O) groups excluding carboxylic acids is 3. The van der Waals surface area contributed by atoms with Crippen molar-refractivity contribution in [1.82, 2.24) is 15.5 Å². The molecule has 1 unspecified atom stereocenters. The van der Waals surface area contributed by atoms with Crippen LogP contribution in [0.2, 0.25) is 0 Å². The lowest BCUT2D eigenvalue weighted by Crippen LogP contribution is -2.79. The van der Waals surface area contributed by atoms with Gasteiger partial charge < -0.3 is 20.3 Å². The molecule has 148 valence electrons. The van der Waals surface area contributed by atoms with E-state index in [9.17, 15) is 14.4 Å². The fourth-order valence-electron chi connectivity index (χ4n) is 5.40. The van der Waals surface area contributed by atoms with Crippen LogP contribution >= 0.6 is 0 Å². The first-order chi connectivity index (χ1) is 13.4. The zero-order valence-corrected chi connectivity index (χ0v) is 15.9. The number of hydrogen-bond acceptors (Lipinski definition) is 4. The lowest BCUT2D eigenvalue weighted by molar-refractivity contribution is -0.196. The smallest absolute Gasteiger partial charge is 0.251 e. The van der Waals surface area contributed by atoms with Crippen LogP contribution in [0.3, 0.4) is 0 Å². The second-order valence-electron chi connectivity index (χ2n) is 8.94. The summed E-state index contributed by atoms with van der Waals surface area (Å²) in [5, 5.41) is 5.81. The predicted molar refractivity (Wildman–Crippen MR) is 100 cm³/mol. The van der Waals surface area contributed by atoms with E-state index in [2.05, 4.69) is 10.6 Å². The highest BCUT2D eigenvalue weighted by Crippen LogP contribution is 2.68. The van der Waals surface area contributed by atoms with Crippen molar-refractivity contribution in [3.63, 3.8) is 0 Å². The topological polar surface area (TPSA) is 87.7 Å². The molecular formula is C21H25N3O4. The van der Waals surface area contributed by atoms with E-state index >= 15 is 0 Å². The average molecular weight is 383 g/mol. The standard InChI is InChI=1S/C21H25N3O4/c1-13(22-18(26)14-5-3-2-4-6-14)17(25)23-21-10-20(11-21,12-21)19(27)24-8-16-7-15(24)9-28-16/h2-6,13,15-16H,7-12H2,1H3,(H,22,26)(H,23,25)/t13?,15-,16+,20?,21?/m0/s1. The minimum atomic E-state index is -0.625. The van der Waals surface area contributed by atoms with Gasteiger partial charge in [0.25, 0.3) is 5.91 Å². The molecule has 7 nitrogen and oxygen atoms in total. The molecule has 0 radical (unpaired) electrons. The van der Waals surface area contributed by atoms with E-state index in [0.29, 0.717) is 38.0 Å². The average Bonchev–Trinajstić information content (AvgIpc) is 3.26. The third kappa shape index (κ3) is 2.64. The van der Waals surface area contributed by atoms with Crippen LogP contribution in [0.1, 0.15) is 43.0 Å². The Labute approximate surface area is 163 Å². The third-order valence-electron chi connectivity index (χ3n) is 6.81. The van der Waals surface area contributed by atoms with Gasteiger partial charge in [0.1, 0.15) is 6.04 Å². The van der Waals surface area contributed by atoms with Crippen LogP contribution in [-0.4, -0.2) is 59.5 Å². The van der Waals surface area contributed by atoms with Crippen molar-refractivity contribution in [3.8, 4) is 0 Å². The van der Waals surface area contributed by atoms with Crippen LogP contribution < -0.4 is 10.6 Å². The molecule has 3 atom stereocenters. The molecule has 7 heteroatoms. The number of morpholine rings is 1. The summed E-state index contributed by atoms with van der Waals surface area (Å²) >= 11 is 0. The molecule has 2 heterocycles. The highest BCUT2D eigenvalue weighted by molar-refractivity contribution is 5.97. The van der Waals surface area contributed by atoms with Gasteiger partial charge in [0.15, 0.2) is 0 Å². The van der Waals surface area contributed by atoms with Crippen molar-refractivity contribution in [2.75, 3.05) is 13.2 Å². The van der Waals surface area contributed by atoms with Crippen molar-refractivity contribution >= 4 is 17.7 Å². The Kier molecular flexibility index (Phi) is 3.81.